The van der Waals surface area contributed by atoms with Crippen molar-refractivity contribution in [2.75, 3.05) is 9.80 Å². The van der Waals surface area contributed by atoms with Gasteiger partial charge in [-0.05, 0) is 167 Å². The Morgan fingerprint density at radius 3 is 1.30 bits per heavy atom. The lowest BCUT2D eigenvalue weighted by atomic mass is 9.73. The van der Waals surface area contributed by atoms with Crippen molar-refractivity contribution in [1.82, 2.24) is 0 Å². The minimum atomic E-state index is -0.0156. The van der Waals surface area contributed by atoms with Crippen molar-refractivity contribution in [3.63, 3.8) is 0 Å². The number of hydrogen-bond acceptors (Lipinski definition) is 2. The summed E-state index contributed by atoms with van der Waals surface area (Å²) in [6.45, 7) is 4.74. The molecular weight excluding hydrogens is 761 g/mol. The van der Waals surface area contributed by atoms with Crippen molar-refractivity contribution in [2.45, 2.75) is 83.5 Å². The van der Waals surface area contributed by atoms with Gasteiger partial charge in [-0.15, -0.1) is 0 Å². The van der Waals surface area contributed by atoms with E-state index in [2.05, 4.69) is 206 Å². The van der Waals surface area contributed by atoms with E-state index >= 15 is 0 Å². The van der Waals surface area contributed by atoms with Gasteiger partial charge in [0.05, 0.1) is 0 Å². The first-order valence-electron chi connectivity index (χ1n) is 23.5. The van der Waals surface area contributed by atoms with Crippen LogP contribution < -0.4 is 9.80 Å². The topological polar surface area (TPSA) is 6.48 Å². The van der Waals surface area contributed by atoms with E-state index in [9.17, 15) is 0 Å². The maximum absolute atomic E-state index is 2.53. The van der Waals surface area contributed by atoms with Crippen LogP contribution in [0.1, 0.15) is 110 Å². The molecule has 6 aromatic carbocycles. The van der Waals surface area contributed by atoms with Crippen LogP contribution in [0.4, 0.5) is 22.7 Å². The average Bonchev–Trinajstić information content (AvgIpc) is 3.42. The summed E-state index contributed by atoms with van der Waals surface area (Å²) >= 11 is 0. The third kappa shape index (κ3) is 7.07. The monoisotopic (exact) mass is 816 g/mol. The molecule has 0 atom stereocenters. The van der Waals surface area contributed by atoms with E-state index in [4.69, 9.17) is 0 Å². The normalized spacial score (nSPS) is 17.3. The summed E-state index contributed by atoms with van der Waals surface area (Å²) in [6.07, 6.45) is 29.4. The van der Waals surface area contributed by atoms with Gasteiger partial charge in [-0.1, -0.05) is 160 Å². The highest BCUT2D eigenvalue weighted by Crippen LogP contribution is 2.53. The Bertz CT molecular complexity index is 2710. The van der Waals surface area contributed by atoms with Crippen LogP contribution in [0.2, 0.25) is 0 Å². The number of rotatable bonds is 8. The molecule has 0 bridgehead atoms. The molecule has 2 heterocycles. The molecule has 0 spiro atoms. The molecule has 0 aromatic heterocycles. The third-order valence-electron chi connectivity index (χ3n) is 14.7. The molecule has 3 aliphatic carbocycles. The summed E-state index contributed by atoms with van der Waals surface area (Å²) in [7, 11) is 0. The van der Waals surface area contributed by atoms with Crippen LogP contribution in [0, 0.1) is 0 Å². The maximum atomic E-state index is 2.53. The fourth-order valence-electron chi connectivity index (χ4n) is 11.3. The van der Waals surface area contributed by atoms with Crippen molar-refractivity contribution in [3.8, 4) is 11.1 Å². The highest BCUT2D eigenvalue weighted by molar-refractivity contribution is 5.86. The van der Waals surface area contributed by atoms with Gasteiger partial charge in [0.1, 0.15) is 0 Å². The van der Waals surface area contributed by atoms with Crippen molar-refractivity contribution >= 4 is 47.1 Å². The molecular formula is C61H56N2. The minimum absolute atomic E-state index is 0.0156. The Kier molecular flexibility index (Phi) is 10.3. The number of hydrogen-bond donors (Lipinski definition) is 0. The van der Waals surface area contributed by atoms with Crippen LogP contribution in [-0.2, 0) is 18.3 Å². The van der Waals surface area contributed by atoms with Crippen molar-refractivity contribution < 1.29 is 0 Å². The molecule has 310 valence electrons. The zero-order valence-electron chi connectivity index (χ0n) is 36.8. The lowest BCUT2D eigenvalue weighted by Gasteiger charge is -2.30. The first-order valence-corrected chi connectivity index (χ1v) is 23.5. The van der Waals surface area contributed by atoms with Crippen LogP contribution in [0.3, 0.4) is 0 Å². The molecule has 11 rings (SSSR count). The lowest BCUT2D eigenvalue weighted by molar-refractivity contribution is 0.490. The Hall–Kier alpha value is -6.64. The maximum Gasteiger partial charge on any atom is 0.0490 e. The van der Waals surface area contributed by atoms with E-state index in [1.807, 2.05) is 0 Å². The van der Waals surface area contributed by atoms with Crippen molar-refractivity contribution in [1.29, 1.82) is 0 Å². The summed E-state index contributed by atoms with van der Waals surface area (Å²) < 4.78 is 0. The summed E-state index contributed by atoms with van der Waals surface area (Å²) in [5.74, 6) is 0. The Morgan fingerprint density at radius 1 is 0.444 bits per heavy atom. The van der Waals surface area contributed by atoms with Crippen LogP contribution in [0.5, 0.6) is 0 Å². The molecule has 0 saturated heterocycles. The van der Waals surface area contributed by atoms with Gasteiger partial charge < -0.3 is 9.80 Å². The highest BCUT2D eigenvalue weighted by Gasteiger charge is 2.40. The van der Waals surface area contributed by atoms with Crippen molar-refractivity contribution in [3.05, 3.63) is 225 Å². The van der Waals surface area contributed by atoms with Gasteiger partial charge in [-0.25, -0.2) is 0 Å². The predicted molar refractivity (Wildman–Crippen MR) is 269 cm³/mol. The second-order valence-electron chi connectivity index (χ2n) is 18.0. The van der Waals surface area contributed by atoms with E-state index in [1.54, 1.807) is 0 Å². The number of aryl methyl sites for hydroxylation is 2. The van der Waals surface area contributed by atoms with Gasteiger partial charge in [0.15, 0.2) is 0 Å². The van der Waals surface area contributed by atoms with Crippen LogP contribution in [-0.4, -0.2) is 0 Å². The molecule has 6 aromatic rings. The molecule has 0 radical (unpaired) electrons. The molecule has 5 aliphatic rings. The molecule has 0 N–H and O–H groups in total. The van der Waals surface area contributed by atoms with E-state index in [0.717, 1.165) is 64.2 Å². The molecule has 2 nitrogen and oxygen atoms in total. The summed E-state index contributed by atoms with van der Waals surface area (Å²) in [4.78, 5) is 5.05. The van der Waals surface area contributed by atoms with Gasteiger partial charge >= 0.3 is 0 Å². The number of anilines is 4. The summed E-state index contributed by atoms with van der Waals surface area (Å²) in [5, 5.41) is 0. The lowest BCUT2D eigenvalue weighted by Crippen LogP contribution is -2.23. The van der Waals surface area contributed by atoms with Gasteiger partial charge in [0.2, 0.25) is 0 Å². The van der Waals surface area contributed by atoms with E-state index < -0.39 is 0 Å². The van der Waals surface area contributed by atoms with Crippen molar-refractivity contribution in [2.24, 2.45) is 0 Å². The Morgan fingerprint density at radius 2 is 0.857 bits per heavy atom. The molecule has 2 aliphatic heterocycles. The van der Waals surface area contributed by atoms with Crippen LogP contribution in [0.15, 0.2) is 180 Å². The van der Waals surface area contributed by atoms with Crippen LogP contribution >= 0.6 is 0 Å². The van der Waals surface area contributed by atoms with Gasteiger partial charge in [0.25, 0.3) is 0 Å². The smallest absolute Gasteiger partial charge is 0.0490 e. The Labute approximate surface area is 374 Å². The standard InChI is InChI=1S/C61H56N2/c1-3-61(4-2)55-41-45(23-21-43-25-35-51(36-26-43)62-57-17-9-5-13-47(57)31-32-48-14-6-10-18-58(48)62)29-39-53(55)54-40-30-46(42-56(54)61)24-22-44-27-37-52(38-28-44)63-59-19-11-7-15-49(59)33-34-50-16-8-12-20-60(50)63/h5-9,11,13-17,19,21-30,35-42H,3-4,10,12,18,20,31-34H2,1-2H3/b23-21+,24-22+. The second kappa shape index (κ2) is 16.6. The fourth-order valence-corrected chi connectivity index (χ4v) is 11.3. The van der Waals surface area contributed by atoms with Gasteiger partial charge in [-0.2, -0.15) is 0 Å². The largest absolute Gasteiger partial charge is 0.314 e. The predicted octanol–water partition coefficient (Wildman–Crippen LogP) is 16.5. The molecule has 0 amide bonds. The zero-order valence-corrected chi connectivity index (χ0v) is 36.8. The highest BCUT2D eigenvalue weighted by atomic mass is 15.2. The number of nitrogens with zero attached hydrogens (tertiary/aromatic N) is 2. The molecule has 0 unspecified atom stereocenters. The quantitative estimate of drug-likeness (QED) is 0.141. The van der Waals surface area contributed by atoms with Crippen LogP contribution in [0.25, 0.3) is 35.4 Å². The summed E-state index contributed by atoms with van der Waals surface area (Å²) in [5.41, 5.74) is 24.5. The van der Waals surface area contributed by atoms with E-state index in [0.29, 0.717) is 0 Å². The number of benzene rings is 6. The molecule has 2 heteroatoms. The van der Waals surface area contributed by atoms with Gasteiger partial charge in [-0.3, -0.25) is 0 Å². The Balaban J connectivity index is 0.833. The number of para-hydroxylation sites is 2. The fraction of sp³-hybridized carbons (Fsp3) is 0.213. The molecule has 0 saturated carbocycles. The first kappa shape index (κ1) is 39.2. The SMILES string of the molecule is CCC1(CC)c2cc(/C=C/c3ccc(N4C5=C(C=CCC5)CCc5ccccc54)cc3)ccc2-c2ccc(/C=C/c3ccc(N4C5=C(C=CCC5)CCc5ccccc54)cc3)cc21. The molecule has 0 fully saturated rings. The number of allylic oxidation sites excluding steroid dienone is 8. The molecule has 63 heavy (non-hydrogen) atoms. The van der Waals surface area contributed by atoms with E-state index in [-0.39, 0.29) is 5.41 Å². The number of fused-ring (bicyclic) bond motifs is 5. The zero-order chi connectivity index (χ0) is 42.3. The average molecular weight is 817 g/mol. The van der Waals surface area contributed by atoms with E-state index in [1.165, 1.54) is 101 Å². The minimum Gasteiger partial charge on any atom is -0.314 e. The second-order valence-corrected chi connectivity index (χ2v) is 18.0. The first-order chi connectivity index (χ1) is 31.1. The third-order valence-corrected chi connectivity index (χ3v) is 14.7. The van der Waals surface area contributed by atoms with Gasteiger partial charge in [0, 0.05) is 39.6 Å². The summed E-state index contributed by atoms with van der Waals surface area (Å²) in [6, 6.07) is 50.6.